The maximum absolute atomic E-state index is 5.49. The molecule has 0 unspecified atom stereocenters. The molecule has 1 aromatic rings. The van der Waals surface area contributed by atoms with Crippen molar-refractivity contribution in [2.45, 2.75) is 45.0 Å². The summed E-state index contributed by atoms with van der Waals surface area (Å²) in [5.74, 6) is -0.569. The minimum absolute atomic E-state index is 0.430. The zero-order valence-corrected chi connectivity index (χ0v) is 13.1. The first kappa shape index (κ1) is 16.2. The summed E-state index contributed by atoms with van der Waals surface area (Å²) in [6.07, 6.45) is 0. The predicted octanol–water partition coefficient (Wildman–Crippen LogP) is 3.68. The molecule has 0 atom stereocenters. The number of ether oxygens (including phenoxy) is 3. The standard InChI is InChI=1S/C16H26O3/c1-12(2)13-8-10-14(11-9-13)15(3,4)16(17-5,18-6)19-7/h8-12H,1-7H3. The molecule has 1 aromatic carbocycles. The highest BCUT2D eigenvalue weighted by Crippen LogP contribution is 2.38. The van der Waals surface area contributed by atoms with E-state index in [-0.39, 0.29) is 0 Å². The maximum atomic E-state index is 5.49. The second-order valence-corrected chi connectivity index (χ2v) is 5.57. The average Bonchev–Trinajstić information content (AvgIpc) is 2.41. The molecule has 0 amide bonds. The van der Waals surface area contributed by atoms with Crippen molar-refractivity contribution in [3.05, 3.63) is 35.4 Å². The topological polar surface area (TPSA) is 27.7 Å². The molecule has 1 rings (SSSR count). The lowest BCUT2D eigenvalue weighted by atomic mass is 9.81. The molecule has 0 aromatic heterocycles. The Balaban J connectivity index is 3.18. The van der Waals surface area contributed by atoms with Gasteiger partial charge in [-0.3, -0.25) is 0 Å². The number of methoxy groups -OCH3 is 3. The van der Waals surface area contributed by atoms with Gasteiger partial charge in [0.15, 0.2) is 0 Å². The van der Waals surface area contributed by atoms with Gasteiger partial charge in [-0.1, -0.05) is 38.1 Å². The summed E-state index contributed by atoms with van der Waals surface area (Å²) < 4.78 is 16.5. The van der Waals surface area contributed by atoms with E-state index in [4.69, 9.17) is 14.2 Å². The van der Waals surface area contributed by atoms with E-state index in [2.05, 4.69) is 38.1 Å². The Morgan fingerprint density at radius 2 is 1.26 bits per heavy atom. The van der Waals surface area contributed by atoms with Crippen LogP contribution in [0.4, 0.5) is 0 Å². The van der Waals surface area contributed by atoms with Crippen molar-refractivity contribution in [1.82, 2.24) is 0 Å². The van der Waals surface area contributed by atoms with Crippen LogP contribution in [0.3, 0.4) is 0 Å². The van der Waals surface area contributed by atoms with Crippen LogP contribution in [0.1, 0.15) is 44.7 Å². The summed E-state index contributed by atoms with van der Waals surface area (Å²) in [5, 5.41) is 0. The third kappa shape index (κ3) is 2.83. The van der Waals surface area contributed by atoms with Crippen LogP contribution in [0.15, 0.2) is 24.3 Å². The van der Waals surface area contributed by atoms with Gasteiger partial charge >= 0.3 is 0 Å². The van der Waals surface area contributed by atoms with Crippen molar-refractivity contribution in [1.29, 1.82) is 0 Å². The van der Waals surface area contributed by atoms with E-state index in [1.165, 1.54) is 5.56 Å². The lowest BCUT2D eigenvalue weighted by molar-refractivity contribution is -0.382. The van der Waals surface area contributed by atoms with Gasteiger partial charge in [-0.25, -0.2) is 0 Å². The summed E-state index contributed by atoms with van der Waals surface area (Å²) in [4.78, 5) is 0. The maximum Gasteiger partial charge on any atom is 0.291 e. The molecule has 0 heterocycles. The fourth-order valence-corrected chi connectivity index (χ4v) is 2.48. The highest BCUT2D eigenvalue weighted by molar-refractivity contribution is 5.31. The third-order valence-electron chi connectivity index (χ3n) is 3.87. The summed E-state index contributed by atoms with van der Waals surface area (Å²) in [5.41, 5.74) is 2.00. The molecular formula is C16H26O3. The van der Waals surface area contributed by atoms with Gasteiger partial charge in [0, 0.05) is 21.3 Å². The van der Waals surface area contributed by atoms with Crippen molar-refractivity contribution in [2.75, 3.05) is 21.3 Å². The van der Waals surface area contributed by atoms with Crippen LogP contribution in [0, 0.1) is 0 Å². The van der Waals surface area contributed by atoms with Crippen molar-refractivity contribution >= 4 is 0 Å². The van der Waals surface area contributed by atoms with Crippen LogP contribution in [0.2, 0.25) is 0 Å². The zero-order valence-electron chi connectivity index (χ0n) is 13.1. The Morgan fingerprint density at radius 3 is 1.58 bits per heavy atom. The fraction of sp³-hybridized carbons (Fsp3) is 0.625. The minimum Gasteiger partial charge on any atom is -0.330 e. The SMILES string of the molecule is COC(OC)(OC)C(C)(C)c1ccc(C(C)C)cc1. The van der Waals surface area contributed by atoms with Crippen molar-refractivity contribution in [3.63, 3.8) is 0 Å². The van der Waals surface area contributed by atoms with E-state index >= 15 is 0 Å². The lowest BCUT2D eigenvalue weighted by Gasteiger charge is -2.42. The van der Waals surface area contributed by atoms with Crippen LogP contribution in [0.25, 0.3) is 0 Å². The first-order chi connectivity index (χ1) is 8.84. The van der Waals surface area contributed by atoms with Gasteiger partial charge in [0.1, 0.15) is 0 Å². The molecule has 0 aliphatic heterocycles. The Labute approximate surface area is 116 Å². The number of benzene rings is 1. The van der Waals surface area contributed by atoms with Gasteiger partial charge < -0.3 is 14.2 Å². The second-order valence-electron chi connectivity index (χ2n) is 5.57. The normalized spacial score (nSPS) is 13.1. The van der Waals surface area contributed by atoms with Gasteiger partial charge in [0.05, 0.1) is 5.41 Å². The largest absolute Gasteiger partial charge is 0.330 e. The summed E-state index contributed by atoms with van der Waals surface area (Å²) in [6.45, 7) is 8.47. The number of hydrogen-bond donors (Lipinski definition) is 0. The van der Waals surface area contributed by atoms with E-state index < -0.39 is 11.4 Å². The van der Waals surface area contributed by atoms with Crippen LogP contribution in [0.5, 0.6) is 0 Å². The molecule has 0 fully saturated rings. The zero-order chi connectivity index (χ0) is 14.7. The van der Waals surface area contributed by atoms with Gasteiger partial charge in [0.25, 0.3) is 5.97 Å². The molecule has 0 aliphatic rings. The third-order valence-corrected chi connectivity index (χ3v) is 3.87. The van der Waals surface area contributed by atoms with Crippen molar-refractivity contribution in [3.8, 4) is 0 Å². The second kappa shape index (κ2) is 6.04. The Morgan fingerprint density at radius 1 is 0.842 bits per heavy atom. The Hall–Kier alpha value is -0.900. The molecule has 0 spiro atoms. The van der Waals surface area contributed by atoms with Gasteiger partial charge in [0.2, 0.25) is 0 Å². The van der Waals surface area contributed by atoms with Crippen LogP contribution >= 0.6 is 0 Å². The fourth-order valence-electron chi connectivity index (χ4n) is 2.48. The number of rotatable bonds is 6. The molecule has 19 heavy (non-hydrogen) atoms. The van der Waals surface area contributed by atoms with Gasteiger partial charge in [-0.05, 0) is 30.9 Å². The highest BCUT2D eigenvalue weighted by Gasteiger charge is 2.48. The first-order valence-electron chi connectivity index (χ1n) is 6.60. The summed E-state index contributed by atoms with van der Waals surface area (Å²) in [6, 6.07) is 8.52. The van der Waals surface area contributed by atoms with E-state index in [0.29, 0.717) is 5.92 Å². The monoisotopic (exact) mass is 266 g/mol. The van der Waals surface area contributed by atoms with Crippen LogP contribution in [-0.4, -0.2) is 27.3 Å². The minimum atomic E-state index is -1.09. The van der Waals surface area contributed by atoms with Crippen LogP contribution < -0.4 is 0 Å². The number of hydrogen-bond acceptors (Lipinski definition) is 3. The molecular weight excluding hydrogens is 240 g/mol. The van der Waals surface area contributed by atoms with Crippen LogP contribution in [-0.2, 0) is 19.6 Å². The smallest absolute Gasteiger partial charge is 0.291 e. The van der Waals surface area contributed by atoms with Gasteiger partial charge in [-0.2, -0.15) is 0 Å². The predicted molar refractivity (Wildman–Crippen MR) is 77.3 cm³/mol. The van der Waals surface area contributed by atoms with E-state index in [1.54, 1.807) is 21.3 Å². The van der Waals surface area contributed by atoms with E-state index in [0.717, 1.165) is 5.56 Å². The quantitative estimate of drug-likeness (QED) is 0.735. The Kier molecular flexibility index (Phi) is 5.13. The molecule has 3 heteroatoms. The first-order valence-corrected chi connectivity index (χ1v) is 6.60. The Bertz CT molecular complexity index is 381. The van der Waals surface area contributed by atoms with Crippen molar-refractivity contribution in [2.24, 2.45) is 0 Å². The highest BCUT2D eigenvalue weighted by atomic mass is 16.9. The van der Waals surface area contributed by atoms with E-state index in [9.17, 15) is 0 Å². The molecule has 0 radical (unpaired) electrons. The summed E-state index contributed by atoms with van der Waals surface area (Å²) >= 11 is 0. The molecule has 0 bridgehead atoms. The molecule has 3 nitrogen and oxygen atoms in total. The molecule has 0 aliphatic carbocycles. The molecule has 0 saturated carbocycles. The lowest BCUT2D eigenvalue weighted by Crippen LogP contribution is -2.52. The van der Waals surface area contributed by atoms with Crippen molar-refractivity contribution < 1.29 is 14.2 Å². The average molecular weight is 266 g/mol. The van der Waals surface area contributed by atoms with Gasteiger partial charge in [-0.15, -0.1) is 0 Å². The van der Waals surface area contributed by atoms with E-state index in [1.807, 2.05) is 13.8 Å². The molecule has 108 valence electrons. The molecule has 0 saturated heterocycles. The molecule has 0 N–H and O–H groups in total. The summed E-state index contributed by atoms with van der Waals surface area (Å²) in [7, 11) is 4.78.